The van der Waals surface area contributed by atoms with Gasteiger partial charge in [-0.2, -0.15) is 0 Å². The monoisotopic (exact) mass is 523 g/mol. The molecule has 0 saturated heterocycles. The molecule has 3 aromatic rings. The number of anilines is 2. The molecule has 1 fully saturated rings. The Kier molecular flexibility index (Phi) is 7.45. The predicted molar refractivity (Wildman–Crippen MR) is 141 cm³/mol. The molecule has 9 heteroatoms. The van der Waals surface area contributed by atoms with Gasteiger partial charge in [0.2, 0.25) is 5.91 Å². The number of rotatable bonds is 8. The van der Waals surface area contributed by atoms with E-state index in [-0.39, 0.29) is 40.3 Å². The number of amides is 2. The second-order valence-corrected chi connectivity index (χ2v) is 12.3. The lowest BCUT2D eigenvalue weighted by Gasteiger charge is -2.36. The van der Waals surface area contributed by atoms with Gasteiger partial charge in [-0.3, -0.25) is 9.59 Å². The topological polar surface area (TPSA) is 96.4 Å². The van der Waals surface area contributed by atoms with Gasteiger partial charge in [-0.15, -0.1) is 0 Å². The minimum absolute atomic E-state index is 0.00494. The van der Waals surface area contributed by atoms with Crippen LogP contribution in [-0.2, 0) is 21.1 Å². The predicted octanol–water partition coefficient (Wildman–Crippen LogP) is 5.03. The second-order valence-electron chi connectivity index (χ2n) is 10.3. The lowest BCUT2D eigenvalue weighted by Crippen LogP contribution is -2.46. The fraction of sp³-hybridized carbons (Fsp3) is 0.321. The molecule has 0 radical (unpaired) electrons. The molecule has 37 heavy (non-hydrogen) atoms. The maximum atomic E-state index is 14.9. The molecule has 0 aliphatic heterocycles. The molecule has 4 rings (SSSR count). The first-order valence-corrected chi connectivity index (χ1v) is 13.8. The van der Waals surface area contributed by atoms with Crippen molar-refractivity contribution in [2.75, 3.05) is 16.0 Å². The van der Waals surface area contributed by atoms with Gasteiger partial charge in [0.1, 0.15) is 5.82 Å². The summed E-state index contributed by atoms with van der Waals surface area (Å²) < 4.78 is 39.6. The van der Waals surface area contributed by atoms with Crippen molar-refractivity contribution in [2.45, 2.75) is 50.6 Å². The number of halogens is 1. The molecule has 194 valence electrons. The summed E-state index contributed by atoms with van der Waals surface area (Å²) in [5, 5.41) is 2.51. The van der Waals surface area contributed by atoms with Crippen LogP contribution in [0.25, 0.3) is 0 Å². The van der Waals surface area contributed by atoms with E-state index in [1.165, 1.54) is 30.5 Å². The average Bonchev–Trinajstić information content (AvgIpc) is 3.64. The molecule has 2 aromatic carbocycles. The number of benzene rings is 2. The maximum absolute atomic E-state index is 14.9. The zero-order valence-electron chi connectivity index (χ0n) is 21.1. The van der Waals surface area contributed by atoms with Crippen LogP contribution in [-0.4, -0.2) is 36.5 Å². The molecule has 1 saturated carbocycles. The summed E-state index contributed by atoms with van der Waals surface area (Å²) in [6, 6.07) is 16.0. The Balaban J connectivity index is 1.43. The molecular weight excluding hydrogens is 493 g/mol. The van der Waals surface area contributed by atoms with Crippen LogP contribution in [0.2, 0.25) is 0 Å². The number of para-hydroxylation sites is 1. The number of aromatic nitrogens is 1. The molecule has 1 aromatic heterocycles. The Morgan fingerprint density at radius 1 is 1.05 bits per heavy atom. The fourth-order valence-corrected chi connectivity index (χ4v) is 5.64. The van der Waals surface area contributed by atoms with Crippen molar-refractivity contribution in [2.24, 2.45) is 5.92 Å². The van der Waals surface area contributed by atoms with Crippen molar-refractivity contribution in [3.63, 3.8) is 0 Å². The molecule has 1 heterocycles. The van der Waals surface area contributed by atoms with Crippen LogP contribution in [0.4, 0.5) is 15.8 Å². The number of pyridine rings is 1. The Bertz CT molecular complexity index is 1400. The number of hydrogen-bond donors (Lipinski definition) is 1. The van der Waals surface area contributed by atoms with Crippen molar-refractivity contribution in [1.82, 2.24) is 4.98 Å². The van der Waals surface area contributed by atoms with Crippen molar-refractivity contribution in [3.8, 4) is 0 Å². The van der Waals surface area contributed by atoms with E-state index < -0.39 is 27.1 Å². The van der Waals surface area contributed by atoms with E-state index in [0.29, 0.717) is 11.3 Å². The highest BCUT2D eigenvalue weighted by atomic mass is 32.2. The summed E-state index contributed by atoms with van der Waals surface area (Å²) in [4.78, 5) is 31.4. The number of carbonyl (C=O) groups is 2. The van der Waals surface area contributed by atoms with Crippen LogP contribution in [0.15, 0.2) is 71.9 Å². The summed E-state index contributed by atoms with van der Waals surface area (Å²) in [5.41, 5.74) is 0.737. The molecule has 1 aliphatic rings. The van der Waals surface area contributed by atoms with E-state index in [0.717, 1.165) is 18.9 Å². The number of hydrogen-bond acceptors (Lipinski definition) is 5. The van der Waals surface area contributed by atoms with Crippen LogP contribution in [0.3, 0.4) is 0 Å². The van der Waals surface area contributed by atoms with Crippen LogP contribution >= 0.6 is 0 Å². The molecule has 1 aliphatic carbocycles. The van der Waals surface area contributed by atoms with Crippen LogP contribution in [0.5, 0.6) is 0 Å². The van der Waals surface area contributed by atoms with E-state index in [4.69, 9.17) is 0 Å². The Morgan fingerprint density at radius 2 is 1.76 bits per heavy atom. The zero-order chi connectivity index (χ0) is 26.8. The van der Waals surface area contributed by atoms with Gasteiger partial charge in [0.05, 0.1) is 17.9 Å². The molecule has 0 unspecified atom stereocenters. The van der Waals surface area contributed by atoms with Gasteiger partial charge in [-0.1, -0.05) is 24.3 Å². The first kappa shape index (κ1) is 26.5. The lowest BCUT2D eigenvalue weighted by molar-refractivity contribution is -0.115. The Labute approximate surface area is 216 Å². The van der Waals surface area contributed by atoms with E-state index in [1.54, 1.807) is 4.90 Å². The van der Waals surface area contributed by atoms with Crippen LogP contribution in [0, 0.1) is 11.7 Å². The first-order valence-electron chi connectivity index (χ1n) is 12.1. The Hall–Kier alpha value is -3.59. The van der Waals surface area contributed by atoms with Gasteiger partial charge in [0, 0.05) is 23.0 Å². The molecule has 1 N–H and O–H groups in total. The highest BCUT2D eigenvalue weighted by molar-refractivity contribution is 7.91. The van der Waals surface area contributed by atoms with Crippen molar-refractivity contribution >= 4 is 33.0 Å². The molecule has 7 nitrogen and oxygen atoms in total. The summed E-state index contributed by atoms with van der Waals surface area (Å²) in [6.07, 6.45) is 3.08. The van der Waals surface area contributed by atoms with E-state index in [9.17, 15) is 22.4 Å². The summed E-state index contributed by atoms with van der Waals surface area (Å²) in [7, 11) is -3.43. The fourth-order valence-electron chi connectivity index (χ4n) is 4.02. The van der Waals surface area contributed by atoms with E-state index in [1.807, 2.05) is 51.1 Å². The molecular formula is C28H30FN3O4S. The molecule has 0 atom stereocenters. The lowest BCUT2D eigenvalue weighted by atomic mass is 10.0. The van der Waals surface area contributed by atoms with Crippen molar-refractivity contribution in [1.29, 1.82) is 0 Å². The third-order valence-electron chi connectivity index (χ3n) is 6.01. The number of sulfone groups is 1. The van der Waals surface area contributed by atoms with Gasteiger partial charge in [0.25, 0.3) is 5.91 Å². The minimum Gasteiger partial charge on any atom is -0.323 e. The van der Waals surface area contributed by atoms with Gasteiger partial charge in [-0.05, 0) is 81.5 Å². The Morgan fingerprint density at radius 3 is 2.32 bits per heavy atom. The highest BCUT2D eigenvalue weighted by Crippen LogP contribution is 2.32. The largest absolute Gasteiger partial charge is 0.323 e. The number of carbonyl (C=O) groups excluding carboxylic acids is 2. The van der Waals surface area contributed by atoms with Gasteiger partial charge in [-0.25, -0.2) is 17.8 Å². The first-order chi connectivity index (χ1) is 17.4. The minimum atomic E-state index is -3.43. The zero-order valence-corrected chi connectivity index (χ0v) is 21.9. The molecule has 2 amide bonds. The third kappa shape index (κ3) is 6.60. The summed E-state index contributed by atoms with van der Waals surface area (Å²) in [5.74, 6) is -1.28. The van der Waals surface area contributed by atoms with Gasteiger partial charge in [0.15, 0.2) is 14.9 Å². The maximum Gasteiger partial charge on any atom is 0.258 e. The summed E-state index contributed by atoms with van der Waals surface area (Å²) in [6.45, 7) is 5.69. The van der Waals surface area contributed by atoms with Gasteiger partial charge < -0.3 is 10.2 Å². The molecule has 0 bridgehead atoms. The number of nitrogens with one attached hydrogen (secondary N) is 1. The quantitative estimate of drug-likeness (QED) is 0.447. The van der Waals surface area contributed by atoms with Crippen LogP contribution in [0.1, 0.15) is 49.5 Å². The highest BCUT2D eigenvalue weighted by Gasteiger charge is 2.30. The standard InChI is InChI=1S/C28H30FN3O4S/c1-28(2,3)32(22-7-5-4-6-8-22)27(34)21-12-13-24(23(29)16-21)31-25(33)15-20-11-14-26(30-17-20)37(35,36)18-19-9-10-19/h4-8,11-14,16-17,19H,9-10,15,18H2,1-3H3,(H,31,33). The van der Waals surface area contributed by atoms with Crippen molar-refractivity contribution < 1.29 is 22.4 Å². The van der Waals surface area contributed by atoms with Gasteiger partial charge >= 0.3 is 0 Å². The second kappa shape index (κ2) is 10.4. The molecule has 0 spiro atoms. The third-order valence-corrected chi connectivity index (χ3v) is 7.80. The van der Waals surface area contributed by atoms with Crippen LogP contribution < -0.4 is 10.2 Å². The van der Waals surface area contributed by atoms with E-state index >= 15 is 0 Å². The smallest absolute Gasteiger partial charge is 0.258 e. The average molecular weight is 524 g/mol. The number of nitrogens with zero attached hydrogens (tertiary/aromatic N) is 2. The summed E-state index contributed by atoms with van der Waals surface area (Å²) >= 11 is 0. The van der Waals surface area contributed by atoms with Crippen molar-refractivity contribution in [3.05, 3.63) is 83.8 Å². The van der Waals surface area contributed by atoms with E-state index in [2.05, 4.69) is 10.3 Å². The normalized spacial score (nSPS) is 13.7. The SMILES string of the molecule is CC(C)(C)N(C(=O)c1ccc(NC(=O)Cc2ccc(S(=O)(=O)CC3CC3)nc2)c(F)c1)c1ccccc1.